The predicted molar refractivity (Wildman–Crippen MR) is 115 cm³/mol. The van der Waals surface area contributed by atoms with Gasteiger partial charge >= 0.3 is 0 Å². The molecule has 7 heteroatoms. The van der Waals surface area contributed by atoms with Crippen molar-refractivity contribution in [2.75, 3.05) is 36.5 Å². The molecule has 134 valence electrons. The number of guanidine groups is 1. The Hall–Kier alpha value is -0.960. The molecule has 1 aromatic carbocycles. The van der Waals surface area contributed by atoms with Crippen LogP contribution in [0.5, 0.6) is 0 Å². The van der Waals surface area contributed by atoms with Gasteiger partial charge in [-0.2, -0.15) is 11.8 Å². The third-order valence-corrected chi connectivity index (χ3v) is 4.30. The summed E-state index contributed by atoms with van der Waals surface area (Å²) in [5, 5.41) is 6.57. The molecular formula is C17H27IN4OS. The molecule has 2 N–H and O–H groups in total. The molecule has 5 nitrogen and oxygen atoms in total. The molecule has 0 unspecified atom stereocenters. The van der Waals surface area contributed by atoms with Gasteiger partial charge in [0.25, 0.3) is 0 Å². The molecule has 0 aromatic heterocycles. The van der Waals surface area contributed by atoms with E-state index in [9.17, 15) is 4.79 Å². The first kappa shape index (κ1) is 21.1. The van der Waals surface area contributed by atoms with Crippen LogP contribution in [0.1, 0.15) is 25.3 Å². The highest BCUT2D eigenvalue weighted by atomic mass is 127. The Morgan fingerprint density at radius 1 is 1.29 bits per heavy atom. The van der Waals surface area contributed by atoms with E-state index >= 15 is 0 Å². The summed E-state index contributed by atoms with van der Waals surface area (Å²) in [4.78, 5) is 18.2. The number of hydrogen-bond donors (Lipinski definition) is 2. The molecule has 1 aromatic rings. The average molecular weight is 462 g/mol. The molecule has 0 radical (unpaired) electrons. The van der Waals surface area contributed by atoms with Gasteiger partial charge < -0.3 is 15.5 Å². The van der Waals surface area contributed by atoms with Gasteiger partial charge in [0.1, 0.15) is 0 Å². The van der Waals surface area contributed by atoms with Gasteiger partial charge in [0.2, 0.25) is 5.91 Å². The van der Waals surface area contributed by atoms with Gasteiger partial charge in [0, 0.05) is 37.5 Å². The van der Waals surface area contributed by atoms with E-state index < -0.39 is 0 Å². The molecule has 1 fully saturated rings. The average Bonchev–Trinajstić information content (AvgIpc) is 2.99. The molecule has 2 rings (SSSR count). The number of halogens is 1. The summed E-state index contributed by atoms with van der Waals surface area (Å²) in [5.74, 6) is 2.13. The normalized spacial score (nSPS) is 14.5. The van der Waals surface area contributed by atoms with Crippen molar-refractivity contribution in [3.63, 3.8) is 0 Å². The van der Waals surface area contributed by atoms with Crippen molar-refractivity contribution in [2.45, 2.75) is 26.3 Å². The highest BCUT2D eigenvalue weighted by Crippen LogP contribution is 2.21. The van der Waals surface area contributed by atoms with Crippen LogP contribution in [0.4, 0.5) is 5.69 Å². The zero-order valence-corrected chi connectivity index (χ0v) is 17.5. The number of aliphatic imine (C=N–C) groups is 1. The van der Waals surface area contributed by atoms with Crippen molar-refractivity contribution in [3.8, 4) is 0 Å². The van der Waals surface area contributed by atoms with Crippen LogP contribution in [-0.2, 0) is 11.3 Å². The summed E-state index contributed by atoms with van der Waals surface area (Å²) in [5.41, 5.74) is 2.13. The van der Waals surface area contributed by atoms with E-state index in [-0.39, 0.29) is 29.9 Å². The molecule has 0 bridgehead atoms. The topological polar surface area (TPSA) is 56.7 Å². The van der Waals surface area contributed by atoms with Crippen LogP contribution < -0.4 is 15.5 Å². The summed E-state index contributed by atoms with van der Waals surface area (Å²) in [6.45, 7) is 5.28. The number of amides is 1. The SMILES string of the molecule is CCNC(=NCc1ccc(N2CCCC2=O)cc1)NCCSC.I. The summed E-state index contributed by atoms with van der Waals surface area (Å²) in [7, 11) is 0. The lowest BCUT2D eigenvalue weighted by Gasteiger charge is -2.15. The molecule has 0 atom stereocenters. The van der Waals surface area contributed by atoms with E-state index in [1.54, 1.807) is 0 Å². The molecule has 1 amide bonds. The van der Waals surface area contributed by atoms with Crippen LogP contribution in [0, 0.1) is 0 Å². The molecule has 1 saturated heterocycles. The number of nitrogens with one attached hydrogen (secondary N) is 2. The molecule has 1 aliphatic heterocycles. The maximum Gasteiger partial charge on any atom is 0.227 e. The van der Waals surface area contributed by atoms with Crippen LogP contribution in [0.3, 0.4) is 0 Å². The van der Waals surface area contributed by atoms with E-state index in [1.807, 2.05) is 28.8 Å². The Bertz CT molecular complexity index is 536. The number of anilines is 1. The smallest absolute Gasteiger partial charge is 0.227 e. The Kier molecular flexibility index (Phi) is 10.2. The molecule has 0 aliphatic carbocycles. The maximum absolute atomic E-state index is 11.8. The van der Waals surface area contributed by atoms with Crippen LogP contribution >= 0.6 is 35.7 Å². The lowest BCUT2D eigenvalue weighted by atomic mass is 10.2. The fourth-order valence-corrected chi connectivity index (χ4v) is 2.79. The van der Waals surface area contributed by atoms with E-state index in [0.29, 0.717) is 13.0 Å². The Morgan fingerprint density at radius 2 is 2.04 bits per heavy atom. The van der Waals surface area contributed by atoms with Crippen LogP contribution in [0.2, 0.25) is 0 Å². The minimum Gasteiger partial charge on any atom is -0.357 e. The summed E-state index contributed by atoms with van der Waals surface area (Å²) < 4.78 is 0. The fraction of sp³-hybridized carbons (Fsp3) is 0.529. The van der Waals surface area contributed by atoms with Gasteiger partial charge in [-0.3, -0.25) is 4.79 Å². The van der Waals surface area contributed by atoms with E-state index in [0.717, 1.165) is 49.0 Å². The van der Waals surface area contributed by atoms with Crippen molar-refractivity contribution in [1.29, 1.82) is 0 Å². The number of rotatable bonds is 7. The Morgan fingerprint density at radius 3 is 2.62 bits per heavy atom. The summed E-state index contributed by atoms with van der Waals surface area (Å²) in [6.07, 6.45) is 3.72. The lowest BCUT2D eigenvalue weighted by molar-refractivity contribution is -0.117. The van der Waals surface area contributed by atoms with Gasteiger partial charge in [-0.15, -0.1) is 24.0 Å². The molecule has 0 saturated carbocycles. The van der Waals surface area contributed by atoms with Crippen molar-refractivity contribution < 1.29 is 4.79 Å². The van der Waals surface area contributed by atoms with Gasteiger partial charge in [0.15, 0.2) is 5.96 Å². The van der Waals surface area contributed by atoms with E-state index in [1.165, 1.54) is 0 Å². The second kappa shape index (κ2) is 11.6. The third kappa shape index (κ3) is 6.51. The van der Waals surface area contributed by atoms with Crippen LogP contribution in [0.15, 0.2) is 29.3 Å². The van der Waals surface area contributed by atoms with Gasteiger partial charge in [-0.25, -0.2) is 4.99 Å². The van der Waals surface area contributed by atoms with Crippen molar-refractivity contribution >= 4 is 53.3 Å². The quantitative estimate of drug-likeness (QED) is 0.283. The molecule has 1 aliphatic rings. The first-order chi connectivity index (χ1) is 11.2. The van der Waals surface area contributed by atoms with Gasteiger partial charge in [-0.1, -0.05) is 12.1 Å². The van der Waals surface area contributed by atoms with Gasteiger partial charge in [0.05, 0.1) is 6.54 Å². The second-order valence-corrected chi connectivity index (χ2v) is 6.42. The number of thioether (sulfide) groups is 1. The minimum atomic E-state index is 0. The third-order valence-electron chi connectivity index (χ3n) is 3.68. The van der Waals surface area contributed by atoms with Gasteiger partial charge in [-0.05, 0) is 37.3 Å². The van der Waals surface area contributed by atoms with Crippen molar-refractivity contribution in [2.24, 2.45) is 4.99 Å². The minimum absolute atomic E-state index is 0. The lowest BCUT2D eigenvalue weighted by Crippen LogP contribution is -2.38. The van der Waals surface area contributed by atoms with Crippen molar-refractivity contribution in [3.05, 3.63) is 29.8 Å². The number of hydrogen-bond acceptors (Lipinski definition) is 3. The molecule has 1 heterocycles. The number of carbonyl (C=O) groups is 1. The molecule has 0 spiro atoms. The Balaban J connectivity index is 0.00000288. The van der Waals surface area contributed by atoms with Crippen LogP contribution in [0.25, 0.3) is 0 Å². The monoisotopic (exact) mass is 462 g/mol. The molecular weight excluding hydrogens is 435 g/mol. The number of benzene rings is 1. The van der Waals surface area contributed by atoms with Crippen molar-refractivity contribution in [1.82, 2.24) is 10.6 Å². The Labute approximate surface area is 166 Å². The molecule has 24 heavy (non-hydrogen) atoms. The zero-order chi connectivity index (χ0) is 16.5. The highest BCUT2D eigenvalue weighted by molar-refractivity contribution is 14.0. The highest BCUT2D eigenvalue weighted by Gasteiger charge is 2.21. The number of carbonyl (C=O) groups excluding carboxylic acids is 1. The maximum atomic E-state index is 11.8. The van der Waals surface area contributed by atoms with Crippen LogP contribution in [-0.4, -0.2) is 43.5 Å². The second-order valence-electron chi connectivity index (χ2n) is 5.43. The largest absolute Gasteiger partial charge is 0.357 e. The van der Waals surface area contributed by atoms with E-state index in [2.05, 4.69) is 40.9 Å². The zero-order valence-electron chi connectivity index (χ0n) is 14.4. The van der Waals surface area contributed by atoms with E-state index in [4.69, 9.17) is 0 Å². The summed E-state index contributed by atoms with van der Waals surface area (Å²) >= 11 is 1.81. The number of nitrogens with zero attached hydrogens (tertiary/aromatic N) is 2. The first-order valence-corrected chi connectivity index (χ1v) is 9.54. The first-order valence-electron chi connectivity index (χ1n) is 8.15. The standard InChI is InChI=1S/C17H26N4OS.HI/c1-3-18-17(19-10-12-23-2)20-13-14-6-8-15(9-7-14)21-11-4-5-16(21)22;/h6-9H,3-5,10-13H2,1-2H3,(H2,18,19,20);1H. The fourth-order valence-electron chi connectivity index (χ4n) is 2.49. The summed E-state index contributed by atoms with van der Waals surface area (Å²) in [6, 6.07) is 8.14. The predicted octanol–water partition coefficient (Wildman–Crippen LogP) is 2.85.